The summed E-state index contributed by atoms with van der Waals surface area (Å²) in [7, 11) is 0. The molecule has 3 aliphatic carbocycles. The average Bonchev–Trinajstić information content (AvgIpc) is 3.04. The molecule has 3 fully saturated rings. The first kappa shape index (κ1) is 24.5. The normalized spacial score (nSPS) is 39.3. The molecule has 3 aliphatic rings. The van der Waals surface area contributed by atoms with Crippen molar-refractivity contribution in [2.75, 3.05) is 0 Å². The highest BCUT2D eigenvalue weighted by Crippen LogP contribution is 2.59. The van der Waals surface area contributed by atoms with Crippen LogP contribution in [0.1, 0.15) is 79.6 Å². The maximum atomic E-state index is 10.3. The summed E-state index contributed by atoms with van der Waals surface area (Å²) in [6.07, 6.45) is 15.0. The fourth-order valence-corrected chi connectivity index (χ4v) is 6.32. The van der Waals surface area contributed by atoms with Gasteiger partial charge in [-0.3, -0.25) is 0 Å². The zero-order valence-corrected chi connectivity index (χ0v) is 20.3. The van der Waals surface area contributed by atoms with E-state index in [2.05, 4.69) is 51.7 Å². The highest BCUT2D eigenvalue weighted by atomic mass is 16.3. The third-order valence-corrected chi connectivity index (χ3v) is 8.75. The number of rotatable bonds is 5. The minimum Gasteiger partial charge on any atom is -0.393 e. The standard InChI is InChI=1S/C28H44O3/c1-18(9-10-19(2)27(4,5)31)24-13-14-25-21(8-7-15-28(24,25)6)11-12-22-16-23(29)17-26(30)20(22)3/h9-12,18-19,23-26,29-31H,3,7-8,13-17H2,1-2,4-6H3/b10-9+,21-11+,22-12+/t18-,19+,23-,24-,25-,26-,28-/m1/s1. The van der Waals surface area contributed by atoms with E-state index < -0.39 is 17.8 Å². The van der Waals surface area contributed by atoms with E-state index in [-0.39, 0.29) is 5.92 Å². The van der Waals surface area contributed by atoms with E-state index in [1.807, 2.05) is 13.8 Å². The molecule has 3 heteroatoms. The second kappa shape index (κ2) is 9.37. The number of fused-ring (bicyclic) bond motifs is 1. The van der Waals surface area contributed by atoms with Crippen molar-refractivity contribution in [3.8, 4) is 0 Å². The molecule has 0 saturated heterocycles. The Bertz CT molecular complexity index is 753. The van der Waals surface area contributed by atoms with Gasteiger partial charge in [0.05, 0.1) is 17.8 Å². The highest BCUT2D eigenvalue weighted by Gasteiger charge is 2.50. The summed E-state index contributed by atoms with van der Waals surface area (Å²) in [6.45, 7) is 14.7. The summed E-state index contributed by atoms with van der Waals surface area (Å²) in [4.78, 5) is 0. The SMILES string of the molecule is C=C1/C(=C/C=C2\CCC[C@@]3(C)[C@@H]2CC[C@@H]3[C@H](C)/C=C/[C@H](C)C(C)(C)O)C[C@@H](O)C[C@H]1O. The van der Waals surface area contributed by atoms with Gasteiger partial charge < -0.3 is 15.3 Å². The lowest BCUT2D eigenvalue weighted by Gasteiger charge is -2.44. The van der Waals surface area contributed by atoms with E-state index in [0.717, 1.165) is 17.6 Å². The lowest BCUT2D eigenvalue weighted by molar-refractivity contribution is 0.0436. The van der Waals surface area contributed by atoms with Crippen LogP contribution < -0.4 is 0 Å². The number of allylic oxidation sites excluding steroid dienone is 4. The number of aliphatic hydroxyl groups is 3. The largest absolute Gasteiger partial charge is 0.393 e. The monoisotopic (exact) mass is 428 g/mol. The van der Waals surface area contributed by atoms with E-state index >= 15 is 0 Å². The molecule has 3 rings (SSSR count). The predicted molar refractivity (Wildman–Crippen MR) is 128 cm³/mol. The molecule has 3 N–H and O–H groups in total. The number of hydrogen-bond donors (Lipinski definition) is 3. The van der Waals surface area contributed by atoms with Crippen molar-refractivity contribution in [1.29, 1.82) is 0 Å². The fourth-order valence-electron chi connectivity index (χ4n) is 6.32. The molecular formula is C28H44O3. The minimum absolute atomic E-state index is 0.141. The van der Waals surface area contributed by atoms with Gasteiger partial charge in [0.25, 0.3) is 0 Å². The molecule has 0 aliphatic heterocycles. The van der Waals surface area contributed by atoms with Crippen LogP contribution in [0.3, 0.4) is 0 Å². The van der Waals surface area contributed by atoms with Crippen LogP contribution in [0.2, 0.25) is 0 Å². The quantitative estimate of drug-likeness (QED) is 0.490. The summed E-state index contributed by atoms with van der Waals surface area (Å²) in [6, 6.07) is 0. The average molecular weight is 429 g/mol. The van der Waals surface area contributed by atoms with Crippen LogP contribution in [-0.4, -0.2) is 33.1 Å². The summed E-state index contributed by atoms with van der Waals surface area (Å²) in [5, 5.41) is 30.4. The molecule has 3 nitrogen and oxygen atoms in total. The Morgan fingerprint density at radius 1 is 1.13 bits per heavy atom. The Morgan fingerprint density at radius 3 is 2.52 bits per heavy atom. The van der Waals surface area contributed by atoms with Crippen LogP contribution in [0.4, 0.5) is 0 Å². The predicted octanol–water partition coefficient (Wildman–Crippen LogP) is 5.73. The second-order valence-electron chi connectivity index (χ2n) is 11.4. The maximum absolute atomic E-state index is 10.3. The molecule has 7 atom stereocenters. The molecule has 0 unspecified atom stereocenters. The lowest BCUT2D eigenvalue weighted by atomic mass is 9.61. The summed E-state index contributed by atoms with van der Waals surface area (Å²) in [5.74, 6) is 1.91. The maximum Gasteiger partial charge on any atom is 0.0811 e. The summed E-state index contributed by atoms with van der Waals surface area (Å²) >= 11 is 0. The molecule has 0 radical (unpaired) electrons. The molecule has 0 aromatic heterocycles. The van der Waals surface area contributed by atoms with Crippen molar-refractivity contribution in [3.63, 3.8) is 0 Å². The molecule has 0 aromatic rings. The molecular weight excluding hydrogens is 384 g/mol. The van der Waals surface area contributed by atoms with Crippen molar-refractivity contribution >= 4 is 0 Å². The first-order valence-corrected chi connectivity index (χ1v) is 12.3. The molecule has 0 heterocycles. The van der Waals surface area contributed by atoms with Gasteiger partial charge in [-0.2, -0.15) is 0 Å². The van der Waals surface area contributed by atoms with Gasteiger partial charge in [0.2, 0.25) is 0 Å². The van der Waals surface area contributed by atoms with Gasteiger partial charge in [-0.15, -0.1) is 0 Å². The van der Waals surface area contributed by atoms with Crippen LogP contribution >= 0.6 is 0 Å². The van der Waals surface area contributed by atoms with Crippen LogP contribution in [0.15, 0.2) is 47.6 Å². The third kappa shape index (κ3) is 5.26. The van der Waals surface area contributed by atoms with Crippen LogP contribution in [0, 0.1) is 29.1 Å². The number of aliphatic hydroxyl groups excluding tert-OH is 2. The first-order valence-electron chi connectivity index (χ1n) is 12.3. The Balaban J connectivity index is 1.76. The van der Waals surface area contributed by atoms with Crippen molar-refractivity contribution in [2.45, 2.75) is 97.4 Å². The van der Waals surface area contributed by atoms with Crippen molar-refractivity contribution in [3.05, 3.63) is 47.6 Å². The van der Waals surface area contributed by atoms with Crippen molar-refractivity contribution < 1.29 is 15.3 Å². The number of hydrogen-bond acceptors (Lipinski definition) is 3. The van der Waals surface area contributed by atoms with Gasteiger partial charge in [0.15, 0.2) is 0 Å². The highest BCUT2D eigenvalue weighted by molar-refractivity contribution is 5.38. The second-order valence-corrected chi connectivity index (χ2v) is 11.4. The Kier molecular flexibility index (Phi) is 7.40. The fraction of sp³-hybridized carbons (Fsp3) is 0.714. The molecule has 3 saturated carbocycles. The van der Waals surface area contributed by atoms with Crippen LogP contribution in [0.5, 0.6) is 0 Å². The Morgan fingerprint density at radius 2 is 1.84 bits per heavy atom. The molecule has 0 aromatic carbocycles. The van der Waals surface area contributed by atoms with E-state index in [1.54, 1.807) is 0 Å². The van der Waals surface area contributed by atoms with Crippen LogP contribution in [-0.2, 0) is 0 Å². The van der Waals surface area contributed by atoms with Crippen LogP contribution in [0.25, 0.3) is 0 Å². The molecule has 174 valence electrons. The van der Waals surface area contributed by atoms with E-state index in [0.29, 0.717) is 36.0 Å². The minimum atomic E-state index is -0.684. The third-order valence-electron chi connectivity index (χ3n) is 8.75. The van der Waals surface area contributed by atoms with E-state index in [1.165, 1.54) is 31.3 Å². The smallest absolute Gasteiger partial charge is 0.0811 e. The Hall–Kier alpha value is -1.16. The molecule has 0 amide bonds. The van der Waals surface area contributed by atoms with Gasteiger partial charge >= 0.3 is 0 Å². The topological polar surface area (TPSA) is 60.7 Å². The zero-order valence-electron chi connectivity index (χ0n) is 20.3. The van der Waals surface area contributed by atoms with E-state index in [9.17, 15) is 15.3 Å². The zero-order chi connectivity index (χ0) is 23.0. The van der Waals surface area contributed by atoms with Gasteiger partial charge in [0.1, 0.15) is 0 Å². The molecule has 0 spiro atoms. The summed E-state index contributed by atoms with van der Waals surface area (Å²) in [5.41, 5.74) is 2.93. The Labute approximate surface area is 189 Å². The first-order chi connectivity index (χ1) is 14.4. The van der Waals surface area contributed by atoms with Crippen molar-refractivity contribution in [2.24, 2.45) is 29.1 Å². The lowest BCUT2D eigenvalue weighted by Crippen LogP contribution is -2.35. The van der Waals surface area contributed by atoms with E-state index in [4.69, 9.17) is 0 Å². The molecule has 31 heavy (non-hydrogen) atoms. The van der Waals surface area contributed by atoms with Gasteiger partial charge in [-0.05, 0) is 86.7 Å². The van der Waals surface area contributed by atoms with Gasteiger partial charge in [-0.25, -0.2) is 0 Å². The summed E-state index contributed by atoms with van der Waals surface area (Å²) < 4.78 is 0. The van der Waals surface area contributed by atoms with Crippen molar-refractivity contribution in [1.82, 2.24) is 0 Å². The van der Waals surface area contributed by atoms with Gasteiger partial charge in [0, 0.05) is 12.3 Å². The molecule has 0 bridgehead atoms. The van der Waals surface area contributed by atoms with Gasteiger partial charge in [-0.1, -0.05) is 57.2 Å².